The van der Waals surface area contributed by atoms with Gasteiger partial charge in [0.2, 0.25) is 11.8 Å². The fourth-order valence-corrected chi connectivity index (χ4v) is 10.4. The number of fused-ring (bicyclic) bond motifs is 6. The fourth-order valence-electron chi connectivity index (χ4n) is 10.4. The summed E-state index contributed by atoms with van der Waals surface area (Å²) in [6.45, 7) is 4.10. The molecule has 0 bridgehead atoms. The van der Waals surface area contributed by atoms with Crippen molar-refractivity contribution in [3.8, 4) is 0 Å². The number of amides is 2. The van der Waals surface area contributed by atoms with Crippen LogP contribution in [0.3, 0.4) is 0 Å². The SMILES string of the molecule is CN1C(=O)[C@]2(C)CC3(C=CC(=O)C=C3)C(c3ccccc3)=C2c2ccccc21.CN1C(=O)[C@]2(C)CC3(C=CC(=O)C=C3)C(c3ccccc3)=C2c2ccccc21. The van der Waals surface area contributed by atoms with Gasteiger partial charge in [0.25, 0.3) is 0 Å². The molecule has 2 amide bonds. The Bertz CT molecular complexity index is 2360. The molecule has 0 fully saturated rings. The molecule has 276 valence electrons. The lowest BCUT2D eigenvalue weighted by Gasteiger charge is -2.39. The summed E-state index contributed by atoms with van der Waals surface area (Å²) in [5.74, 6) is 0.189. The first-order chi connectivity index (χ1) is 26.9. The van der Waals surface area contributed by atoms with Crippen LogP contribution in [0.2, 0.25) is 0 Å². The number of anilines is 2. The van der Waals surface area contributed by atoms with Crippen LogP contribution in [0.25, 0.3) is 22.3 Å². The van der Waals surface area contributed by atoms with Crippen molar-refractivity contribution in [2.75, 3.05) is 23.9 Å². The number of nitrogens with zero attached hydrogens (tertiary/aromatic N) is 2. The molecule has 4 aromatic rings. The van der Waals surface area contributed by atoms with Crippen molar-refractivity contribution in [1.29, 1.82) is 0 Å². The Morgan fingerprint density at radius 3 is 1.11 bits per heavy atom. The maximum absolute atomic E-state index is 13.5. The van der Waals surface area contributed by atoms with Crippen LogP contribution in [0.15, 0.2) is 158 Å². The van der Waals surface area contributed by atoms with Gasteiger partial charge < -0.3 is 9.80 Å². The molecule has 56 heavy (non-hydrogen) atoms. The van der Waals surface area contributed by atoms with E-state index in [1.54, 1.807) is 34.1 Å². The number of carbonyl (C=O) groups excluding carboxylic acids is 4. The number of para-hydroxylation sites is 2. The summed E-state index contributed by atoms with van der Waals surface area (Å²) in [4.78, 5) is 54.4. The van der Waals surface area contributed by atoms with Crippen molar-refractivity contribution < 1.29 is 19.2 Å². The van der Waals surface area contributed by atoms with Crippen LogP contribution in [0.4, 0.5) is 11.4 Å². The average Bonchev–Trinajstić information content (AvgIpc) is 3.65. The third-order valence-corrected chi connectivity index (χ3v) is 12.8. The molecule has 0 saturated heterocycles. The van der Waals surface area contributed by atoms with Gasteiger partial charge in [-0.25, -0.2) is 0 Å². The largest absolute Gasteiger partial charge is 0.314 e. The number of rotatable bonds is 2. The second-order valence-corrected chi connectivity index (χ2v) is 16.2. The van der Waals surface area contributed by atoms with Crippen LogP contribution in [0, 0.1) is 21.7 Å². The van der Waals surface area contributed by atoms with Crippen LogP contribution >= 0.6 is 0 Å². The Labute approximate surface area is 327 Å². The Balaban J connectivity index is 0.000000146. The summed E-state index contributed by atoms with van der Waals surface area (Å²) in [5.41, 5.74) is 8.46. The van der Waals surface area contributed by atoms with Crippen molar-refractivity contribution >= 4 is 57.0 Å². The van der Waals surface area contributed by atoms with Gasteiger partial charge in [0.15, 0.2) is 11.6 Å². The quantitative estimate of drug-likeness (QED) is 0.206. The molecule has 0 aromatic heterocycles. The lowest BCUT2D eigenvalue weighted by atomic mass is 9.71. The zero-order valence-electron chi connectivity index (χ0n) is 32.0. The smallest absolute Gasteiger partial charge is 0.237 e. The van der Waals surface area contributed by atoms with Crippen molar-refractivity contribution in [3.63, 3.8) is 0 Å². The maximum Gasteiger partial charge on any atom is 0.237 e. The molecule has 2 spiro atoms. The van der Waals surface area contributed by atoms with Gasteiger partial charge in [-0.15, -0.1) is 0 Å². The van der Waals surface area contributed by atoms with Crippen LogP contribution in [-0.4, -0.2) is 37.5 Å². The molecule has 4 aliphatic carbocycles. The zero-order valence-corrected chi connectivity index (χ0v) is 32.0. The standard InChI is InChI=1S/2C25H21NO2/c2*1-24-16-25(14-12-18(27)13-15-25)21(17-8-4-3-5-9-17)22(24)19-10-6-7-11-20(19)26(2)23(24)28/h2*3-15H,16H2,1-2H3/t2*24-/m11/s1. The van der Waals surface area contributed by atoms with E-state index in [2.05, 4.69) is 36.4 Å². The molecule has 0 unspecified atom stereocenters. The van der Waals surface area contributed by atoms with Crippen molar-refractivity contribution in [2.45, 2.75) is 26.7 Å². The maximum atomic E-state index is 13.5. The highest BCUT2D eigenvalue weighted by atomic mass is 16.2. The van der Waals surface area contributed by atoms with Gasteiger partial charge in [-0.05, 0) is 96.5 Å². The average molecular weight is 735 g/mol. The number of hydrogen-bond donors (Lipinski definition) is 0. The van der Waals surface area contributed by atoms with Gasteiger partial charge in [-0.3, -0.25) is 19.2 Å². The van der Waals surface area contributed by atoms with Crippen LogP contribution in [-0.2, 0) is 19.2 Å². The minimum atomic E-state index is -0.649. The van der Waals surface area contributed by atoms with E-state index in [4.69, 9.17) is 0 Å². The van der Waals surface area contributed by atoms with Crippen molar-refractivity contribution in [2.24, 2.45) is 21.7 Å². The number of hydrogen-bond acceptors (Lipinski definition) is 4. The van der Waals surface area contributed by atoms with Crippen molar-refractivity contribution in [3.05, 3.63) is 180 Å². The molecule has 2 atom stereocenters. The lowest BCUT2D eigenvalue weighted by molar-refractivity contribution is -0.125. The summed E-state index contributed by atoms with van der Waals surface area (Å²) in [5, 5.41) is 0. The van der Waals surface area contributed by atoms with Crippen LogP contribution in [0.5, 0.6) is 0 Å². The molecular weight excluding hydrogens is 693 g/mol. The summed E-state index contributed by atoms with van der Waals surface area (Å²) in [6, 6.07) is 36.7. The third-order valence-electron chi connectivity index (χ3n) is 12.8. The lowest BCUT2D eigenvalue weighted by Crippen LogP contribution is -2.44. The summed E-state index contributed by atoms with van der Waals surface area (Å²) < 4.78 is 0. The van der Waals surface area contributed by atoms with Crippen LogP contribution in [0.1, 0.15) is 48.9 Å². The summed E-state index contributed by atoms with van der Waals surface area (Å²) in [6.07, 6.45) is 15.8. The highest BCUT2D eigenvalue weighted by Crippen LogP contribution is 2.67. The van der Waals surface area contributed by atoms with Gasteiger partial charge in [-0.2, -0.15) is 0 Å². The summed E-state index contributed by atoms with van der Waals surface area (Å²) in [7, 11) is 3.71. The minimum absolute atomic E-state index is 0.00749. The number of carbonyl (C=O) groups is 4. The Kier molecular flexibility index (Phi) is 7.93. The molecule has 6 heteroatoms. The predicted octanol–water partition coefficient (Wildman–Crippen LogP) is 9.33. The first-order valence-corrected chi connectivity index (χ1v) is 19.1. The number of ketones is 2. The third kappa shape index (κ3) is 5.01. The van der Waals surface area contributed by atoms with Gasteiger partial charge >= 0.3 is 0 Å². The van der Waals surface area contributed by atoms with Gasteiger partial charge in [0, 0.05) is 36.1 Å². The molecule has 10 rings (SSSR count). The van der Waals surface area contributed by atoms with Gasteiger partial charge in [-0.1, -0.05) is 121 Å². The van der Waals surface area contributed by atoms with E-state index in [0.29, 0.717) is 12.8 Å². The monoisotopic (exact) mass is 734 g/mol. The second kappa shape index (κ2) is 12.6. The fraction of sp³-hybridized carbons (Fsp3) is 0.200. The molecule has 2 heterocycles. The predicted molar refractivity (Wildman–Crippen MR) is 223 cm³/mol. The molecule has 6 aliphatic rings. The first kappa shape index (κ1) is 35.3. The Hall–Kier alpha value is -6.40. The van der Waals surface area contributed by atoms with E-state index in [1.807, 2.05) is 125 Å². The zero-order chi connectivity index (χ0) is 39.0. The molecule has 4 aromatic carbocycles. The molecule has 0 N–H and O–H groups in total. The molecule has 2 aliphatic heterocycles. The highest BCUT2D eigenvalue weighted by molar-refractivity contribution is 6.21. The van der Waals surface area contributed by atoms with Crippen LogP contribution < -0.4 is 9.80 Å². The second-order valence-electron chi connectivity index (χ2n) is 16.2. The van der Waals surface area contributed by atoms with E-state index in [9.17, 15) is 19.2 Å². The molecule has 0 saturated carbocycles. The van der Waals surface area contributed by atoms with E-state index < -0.39 is 21.7 Å². The van der Waals surface area contributed by atoms with E-state index in [-0.39, 0.29) is 23.4 Å². The normalized spacial score (nSPS) is 24.7. The van der Waals surface area contributed by atoms with Gasteiger partial charge in [0.05, 0.1) is 22.2 Å². The first-order valence-electron chi connectivity index (χ1n) is 19.1. The van der Waals surface area contributed by atoms with E-state index >= 15 is 0 Å². The highest BCUT2D eigenvalue weighted by Gasteiger charge is 2.59. The van der Waals surface area contributed by atoms with E-state index in [0.717, 1.165) is 55.9 Å². The Morgan fingerprint density at radius 2 is 0.750 bits per heavy atom. The number of benzene rings is 4. The number of allylic oxidation sites excluding steroid dienone is 10. The molecular formula is C50H42N2O4. The van der Waals surface area contributed by atoms with E-state index in [1.165, 1.54) is 0 Å². The Morgan fingerprint density at radius 1 is 0.429 bits per heavy atom. The summed E-state index contributed by atoms with van der Waals surface area (Å²) >= 11 is 0. The van der Waals surface area contributed by atoms with Crippen molar-refractivity contribution in [1.82, 2.24) is 0 Å². The molecule has 0 radical (unpaired) electrons. The minimum Gasteiger partial charge on any atom is -0.314 e. The molecule has 6 nitrogen and oxygen atoms in total. The topological polar surface area (TPSA) is 74.8 Å². The van der Waals surface area contributed by atoms with Gasteiger partial charge in [0.1, 0.15) is 0 Å².